The third-order valence-electron chi connectivity index (χ3n) is 5.92. The molecule has 0 saturated carbocycles. The highest BCUT2D eigenvalue weighted by Crippen LogP contribution is 2.68. The largest absolute Gasteiger partial charge is 0.444 e. The molecule has 5 heteroatoms. The van der Waals surface area contributed by atoms with Gasteiger partial charge in [0.2, 0.25) is 0 Å². The van der Waals surface area contributed by atoms with Gasteiger partial charge in [0.15, 0.2) is 0 Å². The molecule has 0 spiro atoms. The molecule has 1 aliphatic carbocycles. The summed E-state index contributed by atoms with van der Waals surface area (Å²) < 4.78 is 7.84. The van der Waals surface area contributed by atoms with E-state index in [9.17, 15) is 4.79 Å². The van der Waals surface area contributed by atoms with Gasteiger partial charge in [-0.1, -0.05) is 36.4 Å². The molecule has 2 unspecified atom stereocenters. The van der Waals surface area contributed by atoms with Gasteiger partial charge in [0.25, 0.3) is 0 Å². The summed E-state index contributed by atoms with van der Waals surface area (Å²) in [5, 5.41) is 0. The first-order valence-corrected chi connectivity index (χ1v) is 11.1. The Labute approximate surface area is 182 Å². The highest BCUT2D eigenvalue weighted by Gasteiger charge is 2.62. The van der Waals surface area contributed by atoms with Crippen LogP contribution in [-0.4, -0.2) is 16.6 Å². The Morgan fingerprint density at radius 1 is 1.00 bits per heavy atom. The quantitative estimate of drug-likeness (QED) is 0.425. The van der Waals surface area contributed by atoms with Gasteiger partial charge in [-0.3, -0.25) is 4.90 Å². The van der Waals surface area contributed by atoms with E-state index < -0.39 is 5.60 Å². The number of hydrogen-bond acceptors (Lipinski definition) is 2. The standard InChI is InChI=1S/C23H21Br2NO2/c1-23(2,3)28-22(27)26-20-14-10-17(24)18(25)11-15(14)21(26)19-13(9-16(19)20)12-7-5-4-6-8-12/h4-11,16,19-21H,1-3H3/t16?,19?,20-,21+/m1/s1. The first kappa shape index (κ1) is 18.4. The molecule has 2 aliphatic heterocycles. The van der Waals surface area contributed by atoms with Crippen LogP contribution < -0.4 is 0 Å². The Kier molecular flexibility index (Phi) is 4.08. The fourth-order valence-corrected chi connectivity index (χ4v) is 5.68. The van der Waals surface area contributed by atoms with E-state index in [1.807, 2.05) is 31.7 Å². The minimum absolute atomic E-state index is 0.0180. The topological polar surface area (TPSA) is 29.5 Å². The molecule has 0 N–H and O–H groups in total. The van der Waals surface area contributed by atoms with Gasteiger partial charge >= 0.3 is 6.09 Å². The van der Waals surface area contributed by atoms with Crippen molar-refractivity contribution in [3.05, 3.63) is 74.2 Å². The average molecular weight is 503 g/mol. The zero-order chi connectivity index (χ0) is 19.8. The third kappa shape index (κ3) is 2.62. The predicted molar refractivity (Wildman–Crippen MR) is 117 cm³/mol. The number of benzene rings is 2. The van der Waals surface area contributed by atoms with Crippen molar-refractivity contribution >= 4 is 43.5 Å². The van der Waals surface area contributed by atoms with E-state index in [2.05, 4.69) is 74.3 Å². The summed E-state index contributed by atoms with van der Waals surface area (Å²) in [5.41, 5.74) is 4.54. The number of nitrogens with zero attached hydrogens (tertiary/aromatic N) is 1. The summed E-state index contributed by atoms with van der Waals surface area (Å²) >= 11 is 7.27. The molecule has 1 amide bonds. The van der Waals surface area contributed by atoms with Gasteiger partial charge in [-0.05, 0) is 87.0 Å². The van der Waals surface area contributed by atoms with Crippen LogP contribution >= 0.6 is 31.9 Å². The number of rotatable bonds is 1. The van der Waals surface area contributed by atoms with Crippen LogP contribution in [-0.2, 0) is 4.74 Å². The fourth-order valence-electron chi connectivity index (χ4n) is 4.96. The lowest BCUT2D eigenvalue weighted by Gasteiger charge is -2.38. The normalized spacial score (nSPS) is 27.0. The molecule has 144 valence electrons. The molecule has 3 nitrogen and oxygen atoms in total. The number of carbonyl (C=O) groups excluding carboxylic acids is 1. The Hall–Kier alpha value is -1.59. The highest BCUT2D eigenvalue weighted by molar-refractivity contribution is 9.13. The smallest absolute Gasteiger partial charge is 0.411 e. The van der Waals surface area contributed by atoms with Gasteiger partial charge in [-0.2, -0.15) is 0 Å². The van der Waals surface area contributed by atoms with Crippen LogP contribution in [0.4, 0.5) is 4.79 Å². The number of hydrogen-bond donors (Lipinski definition) is 0. The van der Waals surface area contributed by atoms with Crippen LogP contribution in [0.3, 0.4) is 0 Å². The van der Waals surface area contributed by atoms with E-state index in [0.29, 0.717) is 11.8 Å². The van der Waals surface area contributed by atoms with Gasteiger partial charge in [-0.15, -0.1) is 0 Å². The van der Waals surface area contributed by atoms with Crippen molar-refractivity contribution in [2.24, 2.45) is 11.8 Å². The van der Waals surface area contributed by atoms with Crippen molar-refractivity contribution in [3.8, 4) is 0 Å². The fraction of sp³-hybridized carbons (Fsp3) is 0.348. The van der Waals surface area contributed by atoms with Gasteiger partial charge in [0.1, 0.15) is 5.60 Å². The zero-order valence-electron chi connectivity index (χ0n) is 15.9. The molecule has 2 aromatic rings. The number of amides is 1. The van der Waals surface area contributed by atoms with Crippen LogP contribution in [0.5, 0.6) is 0 Å². The van der Waals surface area contributed by atoms with Crippen molar-refractivity contribution in [1.29, 1.82) is 0 Å². The molecule has 2 heterocycles. The molecule has 3 aliphatic rings. The molecule has 28 heavy (non-hydrogen) atoms. The average Bonchev–Trinajstić information content (AvgIpc) is 3.01. The van der Waals surface area contributed by atoms with Crippen molar-refractivity contribution in [3.63, 3.8) is 0 Å². The van der Waals surface area contributed by atoms with Crippen LogP contribution in [0.1, 0.15) is 49.5 Å². The zero-order valence-corrected chi connectivity index (χ0v) is 19.1. The lowest BCUT2D eigenvalue weighted by Crippen LogP contribution is -2.35. The predicted octanol–water partition coefficient (Wildman–Crippen LogP) is 6.89. The molecular weight excluding hydrogens is 482 g/mol. The molecular formula is C23H21Br2NO2. The molecule has 0 radical (unpaired) electrons. The lowest BCUT2D eigenvalue weighted by atomic mass is 9.63. The number of halogens is 2. The number of fused-ring (bicyclic) bond motifs is 8. The van der Waals surface area contributed by atoms with Crippen molar-refractivity contribution < 1.29 is 9.53 Å². The van der Waals surface area contributed by atoms with Crippen LogP contribution in [0, 0.1) is 11.8 Å². The van der Waals surface area contributed by atoms with E-state index in [-0.39, 0.29) is 18.2 Å². The minimum Gasteiger partial charge on any atom is -0.444 e. The SMILES string of the molecule is CC(C)(C)OC(=O)N1[C@@H]2c3cc(Br)c(Br)cc3[C@H]1C1C(c3ccccc3)=CC12. The first-order chi connectivity index (χ1) is 13.3. The second-order valence-electron chi connectivity index (χ2n) is 8.76. The van der Waals surface area contributed by atoms with Crippen LogP contribution in [0.25, 0.3) is 5.57 Å². The second-order valence-corrected chi connectivity index (χ2v) is 10.5. The van der Waals surface area contributed by atoms with Gasteiger partial charge < -0.3 is 4.74 Å². The Balaban J connectivity index is 1.59. The second kappa shape index (κ2) is 6.20. The van der Waals surface area contributed by atoms with E-state index in [1.165, 1.54) is 22.3 Å². The molecule has 5 rings (SSSR count). The maximum atomic E-state index is 13.2. The minimum atomic E-state index is -0.513. The van der Waals surface area contributed by atoms with E-state index >= 15 is 0 Å². The van der Waals surface area contributed by atoms with E-state index in [0.717, 1.165) is 8.95 Å². The number of carbonyl (C=O) groups is 1. The molecule has 1 saturated heterocycles. The van der Waals surface area contributed by atoms with Crippen molar-refractivity contribution in [1.82, 2.24) is 4.90 Å². The summed E-state index contributed by atoms with van der Waals surface area (Å²) in [6.45, 7) is 5.77. The maximum Gasteiger partial charge on any atom is 0.411 e. The van der Waals surface area contributed by atoms with Gasteiger partial charge in [0.05, 0.1) is 12.1 Å². The van der Waals surface area contributed by atoms with Crippen molar-refractivity contribution in [2.45, 2.75) is 38.5 Å². The summed E-state index contributed by atoms with van der Waals surface area (Å²) in [6.07, 6.45) is 2.13. The molecule has 2 bridgehead atoms. The molecule has 2 aromatic carbocycles. The lowest BCUT2D eigenvalue weighted by molar-refractivity contribution is 0.0166. The summed E-state index contributed by atoms with van der Waals surface area (Å²) in [6, 6.07) is 14.9. The van der Waals surface area contributed by atoms with Gasteiger partial charge in [-0.25, -0.2) is 4.79 Å². The summed E-state index contributed by atoms with van der Waals surface area (Å²) in [4.78, 5) is 15.2. The molecule has 1 fully saturated rings. The van der Waals surface area contributed by atoms with Crippen molar-refractivity contribution in [2.75, 3.05) is 0 Å². The molecule has 4 atom stereocenters. The Morgan fingerprint density at radius 3 is 2.21 bits per heavy atom. The first-order valence-electron chi connectivity index (χ1n) is 9.53. The summed E-state index contributed by atoms with van der Waals surface area (Å²) in [5.74, 6) is 0.661. The van der Waals surface area contributed by atoms with Crippen LogP contribution in [0.2, 0.25) is 0 Å². The molecule has 0 aromatic heterocycles. The Morgan fingerprint density at radius 2 is 1.61 bits per heavy atom. The maximum absolute atomic E-state index is 13.2. The van der Waals surface area contributed by atoms with Crippen LogP contribution in [0.15, 0.2) is 57.5 Å². The summed E-state index contributed by atoms with van der Waals surface area (Å²) in [7, 11) is 0. The van der Waals surface area contributed by atoms with Gasteiger partial charge in [0, 0.05) is 20.8 Å². The highest BCUT2D eigenvalue weighted by atomic mass is 79.9. The van der Waals surface area contributed by atoms with E-state index in [4.69, 9.17) is 4.74 Å². The third-order valence-corrected chi connectivity index (χ3v) is 7.77. The van der Waals surface area contributed by atoms with E-state index in [1.54, 1.807) is 0 Å². The number of ether oxygens (including phenoxy) is 1. The Bertz CT molecular complexity index is 1010. The monoisotopic (exact) mass is 501 g/mol.